The molecule has 0 aromatic heterocycles. The Labute approximate surface area is 132 Å². The molecule has 0 fully saturated rings. The van der Waals surface area contributed by atoms with Gasteiger partial charge in [0.2, 0.25) is 5.91 Å². The zero-order valence-electron chi connectivity index (χ0n) is 11.9. The second-order valence-electron chi connectivity index (χ2n) is 4.41. The van der Waals surface area contributed by atoms with Gasteiger partial charge in [-0.25, -0.2) is 0 Å². The van der Waals surface area contributed by atoms with Crippen LogP contribution in [0.4, 0.5) is 0 Å². The Kier molecular flexibility index (Phi) is 7.96. The van der Waals surface area contributed by atoms with Crippen molar-refractivity contribution in [3.05, 3.63) is 34.3 Å². The van der Waals surface area contributed by atoms with Gasteiger partial charge in [0.1, 0.15) is 0 Å². The first-order chi connectivity index (χ1) is 10.1. The normalized spacial score (nSPS) is 11.8. The molecule has 1 aromatic rings. The van der Waals surface area contributed by atoms with Crippen LogP contribution in [0.1, 0.15) is 16.8 Å². The average molecular weight is 358 g/mol. The van der Waals surface area contributed by atoms with Crippen LogP contribution in [0.25, 0.3) is 0 Å². The minimum absolute atomic E-state index is 0.149. The van der Waals surface area contributed by atoms with E-state index in [0.717, 1.165) is 4.47 Å². The lowest BCUT2D eigenvalue weighted by molar-refractivity contribution is -0.123. The molecule has 0 aliphatic carbocycles. The highest BCUT2D eigenvalue weighted by atomic mass is 79.9. The second-order valence-corrected chi connectivity index (χ2v) is 5.33. The SMILES string of the molecule is COC(CN)CC(=O)NCCNC(=O)c1cccc(Br)c1. The van der Waals surface area contributed by atoms with Crippen molar-refractivity contribution in [1.29, 1.82) is 0 Å². The summed E-state index contributed by atoms with van der Waals surface area (Å²) in [7, 11) is 1.52. The van der Waals surface area contributed by atoms with Crippen LogP contribution >= 0.6 is 15.9 Å². The summed E-state index contributed by atoms with van der Waals surface area (Å²) >= 11 is 3.31. The number of benzene rings is 1. The van der Waals surface area contributed by atoms with Gasteiger partial charge in [-0.05, 0) is 18.2 Å². The van der Waals surface area contributed by atoms with Crippen molar-refractivity contribution in [3.8, 4) is 0 Å². The second kappa shape index (κ2) is 9.49. The molecule has 0 spiro atoms. The topological polar surface area (TPSA) is 93.4 Å². The fraction of sp³-hybridized carbons (Fsp3) is 0.429. The highest BCUT2D eigenvalue weighted by molar-refractivity contribution is 9.10. The van der Waals surface area contributed by atoms with E-state index in [1.165, 1.54) is 7.11 Å². The fourth-order valence-electron chi connectivity index (χ4n) is 1.65. The molecule has 1 rings (SSSR count). The standard InChI is InChI=1S/C14H20BrN3O3/c1-21-12(9-16)8-13(19)17-5-6-18-14(20)10-3-2-4-11(15)7-10/h2-4,7,12H,5-6,8-9,16H2,1H3,(H,17,19)(H,18,20). The number of hydrogen-bond donors (Lipinski definition) is 3. The van der Waals surface area contributed by atoms with Crippen molar-refractivity contribution in [2.24, 2.45) is 5.73 Å². The molecule has 21 heavy (non-hydrogen) atoms. The first-order valence-electron chi connectivity index (χ1n) is 6.60. The molecule has 0 heterocycles. The van der Waals surface area contributed by atoms with Crippen molar-refractivity contribution in [2.45, 2.75) is 12.5 Å². The Bertz CT molecular complexity index is 478. The highest BCUT2D eigenvalue weighted by Gasteiger charge is 2.11. The molecule has 0 saturated heterocycles. The van der Waals surface area contributed by atoms with E-state index >= 15 is 0 Å². The first kappa shape index (κ1) is 17.6. The third-order valence-electron chi connectivity index (χ3n) is 2.83. The number of halogens is 1. The van der Waals surface area contributed by atoms with Gasteiger partial charge in [0.15, 0.2) is 0 Å². The van der Waals surface area contributed by atoms with Gasteiger partial charge in [-0.15, -0.1) is 0 Å². The Balaban J connectivity index is 2.25. The van der Waals surface area contributed by atoms with Crippen molar-refractivity contribution >= 4 is 27.7 Å². The van der Waals surface area contributed by atoms with Gasteiger partial charge in [0.25, 0.3) is 5.91 Å². The minimum Gasteiger partial charge on any atom is -0.380 e. The van der Waals surface area contributed by atoms with Crippen molar-refractivity contribution < 1.29 is 14.3 Å². The van der Waals surface area contributed by atoms with E-state index < -0.39 is 0 Å². The number of rotatable bonds is 8. The van der Waals surface area contributed by atoms with Crippen LogP contribution in [-0.2, 0) is 9.53 Å². The maximum atomic E-state index is 11.8. The molecular weight excluding hydrogens is 338 g/mol. The summed E-state index contributed by atoms with van der Waals surface area (Å²) in [5.41, 5.74) is 6.00. The quantitative estimate of drug-likeness (QED) is 0.595. The number of nitrogens with two attached hydrogens (primary N) is 1. The smallest absolute Gasteiger partial charge is 0.251 e. The Morgan fingerprint density at radius 3 is 2.67 bits per heavy atom. The number of amides is 2. The summed E-state index contributed by atoms with van der Waals surface area (Å²) in [6, 6.07) is 7.10. The largest absolute Gasteiger partial charge is 0.380 e. The van der Waals surface area contributed by atoms with E-state index in [-0.39, 0.29) is 24.3 Å². The molecular formula is C14H20BrN3O3. The number of hydrogen-bond acceptors (Lipinski definition) is 4. The third kappa shape index (κ3) is 6.70. The van der Waals surface area contributed by atoms with E-state index in [1.54, 1.807) is 18.2 Å². The number of nitrogens with one attached hydrogen (secondary N) is 2. The lowest BCUT2D eigenvalue weighted by Crippen LogP contribution is -2.37. The molecule has 116 valence electrons. The molecule has 6 nitrogen and oxygen atoms in total. The molecule has 1 atom stereocenters. The molecule has 0 bridgehead atoms. The summed E-state index contributed by atoms with van der Waals surface area (Å²) in [6.07, 6.45) is -0.0618. The molecule has 0 aliphatic rings. The van der Waals surface area contributed by atoms with Crippen LogP contribution in [-0.4, -0.2) is 44.7 Å². The predicted octanol–water partition coefficient (Wildman–Crippen LogP) is 0.659. The van der Waals surface area contributed by atoms with Crippen LogP contribution in [0.5, 0.6) is 0 Å². The third-order valence-corrected chi connectivity index (χ3v) is 3.32. The van der Waals surface area contributed by atoms with Crippen molar-refractivity contribution in [2.75, 3.05) is 26.7 Å². The van der Waals surface area contributed by atoms with E-state index in [4.69, 9.17) is 10.5 Å². The van der Waals surface area contributed by atoms with Crippen molar-refractivity contribution in [1.82, 2.24) is 10.6 Å². The monoisotopic (exact) mass is 357 g/mol. The minimum atomic E-state index is -0.277. The zero-order valence-corrected chi connectivity index (χ0v) is 13.5. The van der Waals surface area contributed by atoms with Gasteiger partial charge in [0, 0.05) is 36.8 Å². The Morgan fingerprint density at radius 1 is 1.33 bits per heavy atom. The van der Waals surface area contributed by atoms with E-state index in [0.29, 0.717) is 25.2 Å². The summed E-state index contributed by atoms with van der Waals surface area (Å²) in [5.74, 6) is -0.328. The Morgan fingerprint density at radius 2 is 2.05 bits per heavy atom. The van der Waals surface area contributed by atoms with Crippen LogP contribution in [0, 0.1) is 0 Å². The van der Waals surface area contributed by atoms with E-state index in [1.807, 2.05) is 6.07 Å². The van der Waals surface area contributed by atoms with Gasteiger partial charge < -0.3 is 21.1 Å². The van der Waals surface area contributed by atoms with E-state index in [2.05, 4.69) is 26.6 Å². The molecule has 2 amide bonds. The molecule has 7 heteroatoms. The van der Waals surface area contributed by atoms with Crippen LogP contribution in [0.15, 0.2) is 28.7 Å². The number of carbonyl (C=O) groups excluding carboxylic acids is 2. The van der Waals surface area contributed by atoms with Gasteiger partial charge >= 0.3 is 0 Å². The molecule has 4 N–H and O–H groups in total. The lowest BCUT2D eigenvalue weighted by Gasteiger charge is -2.12. The number of ether oxygens (including phenoxy) is 1. The Hall–Kier alpha value is -1.44. The van der Waals surface area contributed by atoms with Gasteiger partial charge in [-0.2, -0.15) is 0 Å². The van der Waals surface area contributed by atoms with Crippen LogP contribution < -0.4 is 16.4 Å². The first-order valence-corrected chi connectivity index (χ1v) is 7.39. The van der Waals surface area contributed by atoms with Gasteiger partial charge in [-0.1, -0.05) is 22.0 Å². The molecule has 1 aromatic carbocycles. The van der Waals surface area contributed by atoms with Gasteiger partial charge in [0.05, 0.1) is 12.5 Å². The van der Waals surface area contributed by atoms with Gasteiger partial charge in [-0.3, -0.25) is 9.59 Å². The number of methoxy groups -OCH3 is 1. The van der Waals surface area contributed by atoms with Crippen LogP contribution in [0.3, 0.4) is 0 Å². The summed E-state index contributed by atoms with van der Waals surface area (Å²) in [6.45, 7) is 1.01. The fourth-order valence-corrected chi connectivity index (χ4v) is 2.05. The number of carbonyl (C=O) groups is 2. The summed E-state index contributed by atoms with van der Waals surface area (Å²) in [4.78, 5) is 23.4. The summed E-state index contributed by atoms with van der Waals surface area (Å²) < 4.78 is 5.87. The lowest BCUT2D eigenvalue weighted by atomic mass is 10.2. The van der Waals surface area contributed by atoms with Crippen molar-refractivity contribution in [3.63, 3.8) is 0 Å². The zero-order chi connectivity index (χ0) is 15.7. The summed E-state index contributed by atoms with van der Waals surface area (Å²) in [5, 5.41) is 5.43. The maximum absolute atomic E-state index is 11.8. The van der Waals surface area contributed by atoms with Crippen LogP contribution in [0.2, 0.25) is 0 Å². The molecule has 0 saturated carbocycles. The average Bonchev–Trinajstić information content (AvgIpc) is 2.49. The maximum Gasteiger partial charge on any atom is 0.251 e. The highest BCUT2D eigenvalue weighted by Crippen LogP contribution is 2.11. The predicted molar refractivity (Wildman–Crippen MR) is 84.0 cm³/mol. The molecule has 0 radical (unpaired) electrons. The molecule has 1 unspecified atom stereocenters. The molecule has 0 aliphatic heterocycles. The van der Waals surface area contributed by atoms with E-state index in [9.17, 15) is 9.59 Å².